The summed E-state index contributed by atoms with van der Waals surface area (Å²) in [7, 11) is 0. The molecule has 0 amide bonds. The van der Waals surface area contributed by atoms with E-state index in [4.69, 9.17) is 16.6 Å². The lowest BCUT2D eigenvalue weighted by Crippen LogP contribution is -2.18. The van der Waals surface area contributed by atoms with Gasteiger partial charge < -0.3 is 10.3 Å². The number of nitrogens with zero attached hydrogens (tertiary/aromatic N) is 1. The molecule has 1 aliphatic heterocycles. The summed E-state index contributed by atoms with van der Waals surface area (Å²) in [6.07, 6.45) is 0.623. The van der Waals surface area contributed by atoms with Crippen LogP contribution in [-0.4, -0.2) is 16.5 Å². The number of H-pyrrole nitrogens is 1. The van der Waals surface area contributed by atoms with Gasteiger partial charge in [0.05, 0.1) is 5.69 Å². The van der Waals surface area contributed by atoms with Gasteiger partial charge in [-0.1, -0.05) is 41.4 Å². The largest absolute Gasteiger partial charge is 0.384 e. The van der Waals surface area contributed by atoms with Crippen LogP contribution >= 0.6 is 11.6 Å². The number of halogens is 1. The first-order valence-corrected chi connectivity index (χ1v) is 8.23. The number of aromatic amines is 1. The first-order valence-electron chi connectivity index (χ1n) is 7.86. The maximum absolute atomic E-state index is 12.6. The van der Waals surface area contributed by atoms with Crippen LogP contribution in [0.15, 0.2) is 47.3 Å². The van der Waals surface area contributed by atoms with Crippen molar-refractivity contribution in [3.05, 3.63) is 69.0 Å². The Hall–Kier alpha value is -2.59. The van der Waals surface area contributed by atoms with E-state index in [0.29, 0.717) is 29.4 Å². The molecule has 120 valence electrons. The molecule has 1 aliphatic rings. The molecule has 2 heterocycles. The summed E-state index contributed by atoms with van der Waals surface area (Å²) in [6, 6.07) is 13.6. The number of hydrogen-bond donors (Lipinski definition) is 2. The van der Waals surface area contributed by atoms with Gasteiger partial charge in [-0.25, -0.2) is 4.98 Å². The minimum atomic E-state index is -0.0832. The number of benzene rings is 2. The van der Waals surface area contributed by atoms with Crippen LogP contribution in [0.2, 0.25) is 5.02 Å². The van der Waals surface area contributed by atoms with Crippen molar-refractivity contribution < 1.29 is 0 Å². The van der Waals surface area contributed by atoms with Gasteiger partial charge in [-0.15, -0.1) is 0 Å². The number of aromatic nitrogens is 2. The topological polar surface area (TPSA) is 57.8 Å². The van der Waals surface area contributed by atoms with Crippen LogP contribution in [0.3, 0.4) is 0 Å². The van der Waals surface area contributed by atoms with E-state index in [-0.39, 0.29) is 5.56 Å². The first kappa shape index (κ1) is 15.0. The van der Waals surface area contributed by atoms with Gasteiger partial charge in [-0.05, 0) is 31.5 Å². The molecule has 2 N–H and O–H groups in total. The van der Waals surface area contributed by atoms with E-state index in [9.17, 15) is 4.79 Å². The standard InChI is InChI=1S/C19H16ClN3O/c1-11-2-4-12(5-3-11)18-22-17-14-7-6-13(20)10-16(14)21-9-8-15(17)19(24)23-18/h2-7,10,21H,8-9H2,1H3,(H,22,23,24). The fraction of sp³-hybridized carbons (Fsp3) is 0.158. The Morgan fingerprint density at radius 2 is 1.92 bits per heavy atom. The van der Waals surface area contributed by atoms with Crippen LogP contribution in [0.5, 0.6) is 0 Å². The van der Waals surface area contributed by atoms with Crippen molar-refractivity contribution in [3.8, 4) is 22.6 Å². The third-order valence-electron chi connectivity index (χ3n) is 4.27. The minimum absolute atomic E-state index is 0.0832. The SMILES string of the molecule is Cc1ccc(-c2nc3c(c(=O)[nH]2)CCNc2cc(Cl)ccc2-3)cc1. The second-order valence-corrected chi connectivity index (χ2v) is 6.41. The van der Waals surface area contributed by atoms with Crippen molar-refractivity contribution in [1.82, 2.24) is 9.97 Å². The molecular formula is C19H16ClN3O. The Labute approximate surface area is 144 Å². The van der Waals surface area contributed by atoms with Crippen LogP contribution in [0.4, 0.5) is 5.69 Å². The lowest BCUT2D eigenvalue weighted by molar-refractivity contribution is 0.976. The maximum Gasteiger partial charge on any atom is 0.255 e. The van der Waals surface area contributed by atoms with Gasteiger partial charge in [0.15, 0.2) is 0 Å². The van der Waals surface area contributed by atoms with Crippen LogP contribution in [-0.2, 0) is 6.42 Å². The van der Waals surface area contributed by atoms with Crippen LogP contribution in [0.25, 0.3) is 22.6 Å². The third kappa shape index (κ3) is 2.59. The number of hydrogen-bond acceptors (Lipinski definition) is 3. The number of nitrogens with one attached hydrogen (secondary N) is 2. The van der Waals surface area contributed by atoms with Crippen molar-refractivity contribution in [1.29, 1.82) is 0 Å². The Balaban J connectivity index is 1.95. The maximum atomic E-state index is 12.6. The average Bonchev–Trinajstić information content (AvgIpc) is 2.75. The summed E-state index contributed by atoms with van der Waals surface area (Å²) < 4.78 is 0. The predicted octanol–water partition coefficient (Wildman–Crippen LogP) is 4.03. The molecule has 0 radical (unpaired) electrons. The lowest BCUT2D eigenvalue weighted by atomic mass is 10.0. The van der Waals surface area contributed by atoms with Gasteiger partial charge in [0, 0.05) is 33.9 Å². The van der Waals surface area contributed by atoms with Crippen molar-refractivity contribution in [3.63, 3.8) is 0 Å². The highest BCUT2D eigenvalue weighted by molar-refractivity contribution is 6.31. The molecule has 5 heteroatoms. The third-order valence-corrected chi connectivity index (χ3v) is 4.50. The monoisotopic (exact) mass is 337 g/mol. The molecule has 24 heavy (non-hydrogen) atoms. The number of anilines is 1. The molecule has 4 nitrogen and oxygen atoms in total. The average molecular weight is 338 g/mol. The zero-order valence-corrected chi connectivity index (χ0v) is 13.9. The molecule has 0 bridgehead atoms. The predicted molar refractivity (Wildman–Crippen MR) is 97.7 cm³/mol. The second kappa shape index (κ2) is 5.80. The Morgan fingerprint density at radius 3 is 2.71 bits per heavy atom. The molecular weight excluding hydrogens is 322 g/mol. The Bertz CT molecular complexity index is 977. The van der Waals surface area contributed by atoms with E-state index in [0.717, 1.165) is 22.5 Å². The van der Waals surface area contributed by atoms with Gasteiger partial charge in [0.25, 0.3) is 5.56 Å². The summed E-state index contributed by atoms with van der Waals surface area (Å²) in [4.78, 5) is 20.3. The minimum Gasteiger partial charge on any atom is -0.384 e. The molecule has 0 fully saturated rings. The van der Waals surface area contributed by atoms with E-state index in [1.54, 1.807) is 0 Å². The van der Waals surface area contributed by atoms with Gasteiger partial charge >= 0.3 is 0 Å². The molecule has 0 atom stereocenters. The summed E-state index contributed by atoms with van der Waals surface area (Å²) >= 11 is 6.10. The molecule has 1 aromatic heterocycles. The van der Waals surface area contributed by atoms with Crippen molar-refractivity contribution >= 4 is 17.3 Å². The number of aryl methyl sites for hydroxylation is 1. The molecule has 0 saturated carbocycles. The van der Waals surface area contributed by atoms with Gasteiger partial charge in [0.1, 0.15) is 5.82 Å². The van der Waals surface area contributed by atoms with Crippen molar-refractivity contribution in [2.45, 2.75) is 13.3 Å². The van der Waals surface area contributed by atoms with Gasteiger partial charge in [-0.3, -0.25) is 4.79 Å². The van der Waals surface area contributed by atoms with E-state index in [1.165, 1.54) is 5.56 Å². The Kier molecular flexibility index (Phi) is 3.62. The van der Waals surface area contributed by atoms with E-state index < -0.39 is 0 Å². The van der Waals surface area contributed by atoms with Crippen LogP contribution in [0, 0.1) is 6.92 Å². The summed E-state index contributed by atoms with van der Waals surface area (Å²) in [5.41, 5.74) is 5.24. The molecule has 0 spiro atoms. The smallest absolute Gasteiger partial charge is 0.255 e. The molecule has 0 saturated heterocycles. The van der Waals surface area contributed by atoms with Crippen LogP contribution < -0.4 is 10.9 Å². The highest BCUT2D eigenvalue weighted by Crippen LogP contribution is 2.33. The highest BCUT2D eigenvalue weighted by Gasteiger charge is 2.20. The zero-order chi connectivity index (χ0) is 16.7. The number of fused-ring (bicyclic) bond motifs is 3. The molecule has 3 aromatic rings. The number of rotatable bonds is 1. The highest BCUT2D eigenvalue weighted by atomic mass is 35.5. The van der Waals surface area contributed by atoms with Crippen LogP contribution in [0.1, 0.15) is 11.1 Å². The van der Waals surface area contributed by atoms with Gasteiger partial charge in [-0.2, -0.15) is 0 Å². The summed E-state index contributed by atoms with van der Waals surface area (Å²) in [5.74, 6) is 0.585. The van der Waals surface area contributed by atoms with Crippen molar-refractivity contribution in [2.24, 2.45) is 0 Å². The fourth-order valence-electron chi connectivity index (χ4n) is 2.99. The second-order valence-electron chi connectivity index (χ2n) is 5.97. The summed E-state index contributed by atoms with van der Waals surface area (Å²) in [5, 5.41) is 3.99. The lowest BCUT2D eigenvalue weighted by Gasteiger charge is -2.10. The quantitative estimate of drug-likeness (QED) is 0.704. The zero-order valence-electron chi connectivity index (χ0n) is 13.2. The van der Waals surface area contributed by atoms with E-state index in [2.05, 4.69) is 10.3 Å². The van der Waals surface area contributed by atoms with E-state index in [1.807, 2.05) is 49.4 Å². The molecule has 4 rings (SSSR count). The van der Waals surface area contributed by atoms with Crippen molar-refractivity contribution in [2.75, 3.05) is 11.9 Å². The molecule has 0 unspecified atom stereocenters. The van der Waals surface area contributed by atoms with Gasteiger partial charge in [0.2, 0.25) is 0 Å². The first-order chi connectivity index (χ1) is 11.6. The molecule has 2 aromatic carbocycles. The summed E-state index contributed by atoms with van der Waals surface area (Å²) in [6.45, 7) is 2.71. The Morgan fingerprint density at radius 1 is 1.12 bits per heavy atom. The molecule has 0 aliphatic carbocycles. The van der Waals surface area contributed by atoms with E-state index >= 15 is 0 Å². The fourth-order valence-corrected chi connectivity index (χ4v) is 3.16. The normalized spacial score (nSPS) is 12.8.